The van der Waals surface area contributed by atoms with Gasteiger partial charge in [-0.1, -0.05) is 28.1 Å². The van der Waals surface area contributed by atoms with Crippen molar-refractivity contribution in [3.05, 3.63) is 47.1 Å². The van der Waals surface area contributed by atoms with Crippen LogP contribution in [0.25, 0.3) is 16.9 Å². The number of nitrogens with one attached hydrogen (secondary N) is 1. The van der Waals surface area contributed by atoms with E-state index in [0.717, 1.165) is 52.9 Å². The van der Waals surface area contributed by atoms with E-state index in [-0.39, 0.29) is 6.10 Å². The third kappa shape index (κ3) is 3.16. The quantitative estimate of drug-likeness (QED) is 0.716. The highest BCUT2D eigenvalue weighted by Crippen LogP contribution is 2.25. The Bertz CT molecular complexity index is 855. The second-order valence-electron chi connectivity index (χ2n) is 6.29. The summed E-state index contributed by atoms with van der Waals surface area (Å²) in [5, 5.41) is 17.8. The molecule has 0 radical (unpaired) electrons. The van der Waals surface area contributed by atoms with Gasteiger partial charge in [0.1, 0.15) is 5.82 Å². The van der Waals surface area contributed by atoms with E-state index in [4.69, 9.17) is 5.10 Å². The van der Waals surface area contributed by atoms with E-state index in [9.17, 15) is 5.11 Å². The lowest BCUT2D eigenvalue weighted by atomic mass is 9.93. The molecular formula is C18H19BrN4O. The number of aliphatic hydroxyl groups is 1. The molecule has 0 spiro atoms. The highest BCUT2D eigenvalue weighted by Gasteiger charge is 2.19. The first-order valence-corrected chi connectivity index (χ1v) is 9.04. The van der Waals surface area contributed by atoms with Gasteiger partial charge in [0.25, 0.3) is 0 Å². The Morgan fingerprint density at radius 1 is 1.12 bits per heavy atom. The second-order valence-corrected chi connectivity index (χ2v) is 7.21. The number of nitrogens with zero attached hydrogens (tertiary/aromatic N) is 3. The molecular weight excluding hydrogens is 368 g/mol. The third-order valence-corrected chi connectivity index (χ3v) is 5.02. The van der Waals surface area contributed by atoms with Gasteiger partial charge in [0.05, 0.1) is 18.0 Å². The number of halogens is 1. The summed E-state index contributed by atoms with van der Waals surface area (Å²) in [7, 11) is 0. The van der Waals surface area contributed by atoms with Gasteiger partial charge in [-0.25, -0.2) is 9.50 Å². The number of rotatable bonds is 3. The van der Waals surface area contributed by atoms with Crippen LogP contribution in [-0.2, 0) is 0 Å². The first kappa shape index (κ1) is 15.6. The maximum atomic E-state index is 9.63. The molecule has 24 heavy (non-hydrogen) atoms. The minimum atomic E-state index is -0.143. The zero-order chi connectivity index (χ0) is 16.5. The average molecular weight is 387 g/mol. The van der Waals surface area contributed by atoms with Gasteiger partial charge in [0.15, 0.2) is 5.65 Å². The van der Waals surface area contributed by atoms with Gasteiger partial charge in [-0.3, -0.25) is 0 Å². The molecule has 1 saturated carbocycles. The fraction of sp³-hybridized carbons (Fsp3) is 0.333. The molecule has 2 heterocycles. The van der Waals surface area contributed by atoms with Crippen LogP contribution in [0.2, 0.25) is 0 Å². The summed E-state index contributed by atoms with van der Waals surface area (Å²) in [5.41, 5.74) is 2.87. The molecule has 2 aromatic heterocycles. The number of imidazole rings is 1. The normalized spacial score (nSPS) is 21.1. The fourth-order valence-electron chi connectivity index (χ4n) is 3.22. The van der Waals surface area contributed by atoms with Crippen LogP contribution in [-0.4, -0.2) is 31.9 Å². The molecule has 6 heteroatoms. The Morgan fingerprint density at radius 2 is 1.96 bits per heavy atom. The van der Waals surface area contributed by atoms with E-state index >= 15 is 0 Å². The Kier molecular flexibility index (Phi) is 4.24. The van der Waals surface area contributed by atoms with Crippen molar-refractivity contribution in [2.75, 3.05) is 5.32 Å². The number of aliphatic hydroxyl groups excluding tert-OH is 1. The number of hydrogen-bond donors (Lipinski definition) is 2. The maximum Gasteiger partial charge on any atom is 0.154 e. The van der Waals surface area contributed by atoms with Crippen LogP contribution in [0.5, 0.6) is 0 Å². The summed E-state index contributed by atoms with van der Waals surface area (Å²) in [4.78, 5) is 4.45. The molecule has 0 bridgehead atoms. The predicted molar refractivity (Wildman–Crippen MR) is 98.0 cm³/mol. The highest BCUT2D eigenvalue weighted by atomic mass is 79.9. The number of aromatic nitrogens is 3. The Balaban J connectivity index is 1.63. The van der Waals surface area contributed by atoms with Crippen LogP contribution < -0.4 is 5.32 Å². The van der Waals surface area contributed by atoms with Crippen molar-refractivity contribution < 1.29 is 5.11 Å². The van der Waals surface area contributed by atoms with Gasteiger partial charge in [-0.15, -0.1) is 5.10 Å². The molecule has 3 aromatic rings. The van der Waals surface area contributed by atoms with E-state index in [1.807, 2.05) is 35.0 Å². The first-order valence-electron chi connectivity index (χ1n) is 8.24. The molecule has 0 atom stereocenters. The van der Waals surface area contributed by atoms with Crippen LogP contribution in [0, 0.1) is 0 Å². The average Bonchev–Trinajstić information content (AvgIpc) is 3.00. The first-order chi connectivity index (χ1) is 11.7. The SMILES string of the molecule is O[C@H]1CC[C@H](Nc2ccc3ncc(-c4cccc(Br)c4)n3n2)CC1. The molecule has 1 aromatic carbocycles. The number of hydrogen-bond acceptors (Lipinski definition) is 4. The molecule has 0 saturated heterocycles. The topological polar surface area (TPSA) is 62.5 Å². The van der Waals surface area contributed by atoms with E-state index in [1.54, 1.807) is 0 Å². The zero-order valence-electron chi connectivity index (χ0n) is 13.2. The van der Waals surface area contributed by atoms with Gasteiger partial charge in [-0.05, 0) is 49.9 Å². The Hall–Kier alpha value is -1.92. The summed E-state index contributed by atoms with van der Waals surface area (Å²) >= 11 is 3.51. The van der Waals surface area contributed by atoms with Gasteiger partial charge in [-0.2, -0.15) is 0 Å². The second kappa shape index (κ2) is 6.53. The molecule has 1 aliphatic carbocycles. The molecule has 124 valence electrons. The summed E-state index contributed by atoms with van der Waals surface area (Å²) in [6.07, 6.45) is 5.37. The van der Waals surface area contributed by atoms with Crippen molar-refractivity contribution in [3.8, 4) is 11.3 Å². The van der Waals surface area contributed by atoms with Gasteiger partial charge in [0, 0.05) is 16.1 Å². The van der Waals surface area contributed by atoms with Gasteiger partial charge < -0.3 is 10.4 Å². The Morgan fingerprint density at radius 3 is 2.75 bits per heavy atom. The van der Waals surface area contributed by atoms with Crippen LogP contribution >= 0.6 is 15.9 Å². The molecule has 4 rings (SSSR count). The lowest BCUT2D eigenvalue weighted by molar-refractivity contribution is 0.126. The molecule has 0 aliphatic heterocycles. The van der Waals surface area contributed by atoms with Crippen molar-refractivity contribution in [2.45, 2.75) is 37.8 Å². The monoisotopic (exact) mass is 386 g/mol. The molecule has 0 amide bonds. The van der Waals surface area contributed by atoms with E-state index < -0.39 is 0 Å². The highest BCUT2D eigenvalue weighted by molar-refractivity contribution is 9.10. The van der Waals surface area contributed by atoms with Crippen molar-refractivity contribution in [2.24, 2.45) is 0 Å². The summed E-state index contributed by atoms with van der Waals surface area (Å²) < 4.78 is 2.91. The largest absolute Gasteiger partial charge is 0.393 e. The van der Waals surface area contributed by atoms with E-state index in [1.165, 1.54) is 0 Å². The lowest BCUT2D eigenvalue weighted by Crippen LogP contribution is -2.28. The predicted octanol–water partition coefficient (Wildman–Crippen LogP) is 3.87. The van der Waals surface area contributed by atoms with Crippen molar-refractivity contribution in [1.82, 2.24) is 14.6 Å². The number of anilines is 1. The van der Waals surface area contributed by atoms with Crippen molar-refractivity contribution in [3.63, 3.8) is 0 Å². The van der Waals surface area contributed by atoms with Crippen LogP contribution in [0.1, 0.15) is 25.7 Å². The lowest BCUT2D eigenvalue weighted by Gasteiger charge is -2.26. The smallest absolute Gasteiger partial charge is 0.154 e. The fourth-order valence-corrected chi connectivity index (χ4v) is 3.62. The minimum absolute atomic E-state index is 0.143. The van der Waals surface area contributed by atoms with Crippen molar-refractivity contribution >= 4 is 27.4 Å². The van der Waals surface area contributed by atoms with E-state index in [0.29, 0.717) is 6.04 Å². The van der Waals surface area contributed by atoms with Gasteiger partial charge >= 0.3 is 0 Å². The molecule has 1 fully saturated rings. The minimum Gasteiger partial charge on any atom is -0.393 e. The van der Waals surface area contributed by atoms with Crippen LogP contribution in [0.15, 0.2) is 47.1 Å². The van der Waals surface area contributed by atoms with E-state index in [2.05, 4.69) is 38.4 Å². The molecule has 1 aliphatic rings. The zero-order valence-corrected chi connectivity index (χ0v) is 14.8. The summed E-state index contributed by atoms with van der Waals surface area (Å²) in [6, 6.07) is 12.5. The molecule has 5 nitrogen and oxygen atoms in total. The maximum absolute atomic E-state index is 9.63. The number of benzene rings is 1. The Labute approximate surface area is 148 Å². The summed E-state index contributed by atoms with van der Waals surface area (Å²) in [6.45, 7) is 0. The van der Waals surface area contributed by atoms with Crippen LogP contribution in [0.3, 0.4) is 0 Å². The molecule has 2 N–H and O–H groups in total. The summed E-state index contributed by atoms with van der Waals surface area (Å²) in [5.74, 6) is 0.845. The standard InChI is InChI=1S/C18H19BrN4O/c19-13-3-1-2-12(10-13)16-11-20-18-9-8-17(22-23(16)18)21-14-4-6-15(24)7-5-14/h1-3,8-11,14-15,24H,4-7H2,(H,21,22)/t14-,15-. The van der Waals surface area contributed by atoms with Crippen LogP contribution in [0.4, 0.5) is 5.82 Å². The van der Waals surface area contributed by atoms with Gasteiger partial charge in [0.2, 0.25) is 0 Å². The third-order valence-electron chi connectivity index (χ3n) is 4.53. The van der Waals surface area contributed by atoms with Crippen molar-refractivity contribution in [1.29, 1.82) is 0 Å². The number of fused-ring (bicyclic) bond motifs is 1. The molecule has 0 unspecified atom stereocenters.